The highest BCUT2D eigenvalue weighted by molar-refractivity contribution is 7.92. The van der Waals surface area contributed by atoms with Crippen LogP contribution >= 0.6 is 0 Å². The molecular formula is C30H35N5O6S. The maximum Gasteiger partial charge on any atom is 0.263 e. The van der Waals surface area contributed by atoms with E-state index >= 15 is 0 Å². The number of hydrogen-bond acceptors (Lipinski definition) is 10. The summed E-state index contributed by atoms with van der Waals surface area (Å²) in [5, 5.41) is 9.12. The molecule has 0 aliphatic heterocycles. The van der Waals surface area contributed by atoms with Gasteiger partial charge in [-0.05, 0) is 60.6 Å². The summed E-state index contributed by atoms with van der Waals surface area (Å²) in [5.41, 5.74) is 0.843. The van der Waals surface area contributed by atoms with Crippen molar-refractivity contribution in [1.82, 2.24) is 19.9 Å². The summed E-state index contributed by atoms with van der Waals surface area (Å²) in [6.45, 7) is 6.46. The second kappa shape index (κ2) is 13.6. The van der Waals surface area contributed by atoms with E-state index in [0.29, 0.717) is 24.3 Å². The third-order valence-corrected chi connectivity index (χ3v) is 7.54. The third kappa shape index (κ3) is 7.71. The SMILES string of the molecule is COc1ccccc1Oc1c(NS(=O)(=O)c2ccc(C(C)(C)C)cc2)nc(-c2ncccn2)nc1OCCCCCO. The van der Waals surface area contributed by atoms with Crippen LogP contribution in [0.5, 0.6) is 23.1 Å². The molecule has 0 unspecified atom stereocenters. The van der Waals surface area contributed by atoms with Crippen molar-refractivity contribution in [3.8, 4) is 34.8 Å². The second-order valence-corrected chi connectivity index (χ2v) is 12.1. The van der Waals surface area contributed by atoms with Crippen LogP contribution in [0.4, 0.5) is 5.82 Å². The Balaban J connectivity index is 1.82. The predicted molar refractivity (Wildman–Crippen MR) is 159 cm³/mol. The lowest BCUT2D eigenvalue weighted by Gasteiger charge is -2.20. The van der Waals surface area contributed by atoms with Gasteiger partial charge in [-0.1, -0.05) is 45.0 Å². The number of methoxy groups -OCH3 is 1. The Kier molecular flexibility index (Phi) is 9.92. The molecule has 0 aliphatic carbocycles. The van der Waals surface area contributed by atoms with Crippen molar-refractivity contribution in [2.45, 2.75) is 50.3 Å². The normalized spacial score (nSPS) is 11.6. The van der Waals surface area contributed by atoms with Crippen LogP contribution < -0.4 is 18.9 Å². The molecule has 0 saturated carbocycles. The monoisotopic (exact) mass is 593 g/mol. The largest absolute Gasteiger partial charge is 0.493 e. The molecule has 0 saturated heterocycles. The number of aliphatic hydroxyl groups is 1. The highest BCUT2D eigenvalue weighted by atomic mass is 32.2. The molecule has 0 amide bonds. The van der Waals surface area contributed by atoms with Crippen molar-refractivity contribution in [2.75, 3.05) is 25.0 Å². The number of aromatic nitrogens is 4. The van der Waals surface area contributed by atoms with E-state index in [4.69, 9.17) is 19.3 Å². The van der Waals surface area contributed by atoms with Crippen LogP contribution in [0.15, 0.2) is 71.9 Å². The fraction of sp³-hybridized carbons (Fsp3) is 0.333. The first-order valence-corrected chi connectivity index (χ1v) is 15.0. The van der Waals surface area contributed by atoms with Crippen LogP contribution in [0.3, 0.4) is 0 Å². The van der Waals surface area contributed by atoms with Gasteiger partial charge < -0.3 is 19.3 Å². The Labute approximate surface area is 246 Å². The number of para-hydroxylation sites is 2. The molecule has 2 aromatic heterocycles. The highest BCUT2D eigenvalue weighted by Crippen LogP contribution is 2.41. The number of anilines is 1. The number of unbranched alkanes of at least 4 members (excludes halogenated alkanes) is 2. The van der Waals surface area contributed by atoms with Crippen molar-refractivity contribution in [3.05, 3.63) is 72.6 Å². The smallest absolute Gasteiger partial charge is 0.263 e. The molecule has 2 heterocycles. The number of nitrogens with zero attached hydrogens (tertiary/aromatic N) is 4. The van der Waals surface area contributed by atoms with Crippen molar-refractivity contribution >= 4 is 15.8 Å². The molecule has 0 atom stereocenters. The van der Waals surface area contributed by atoms with Gasteiger partial charge in [0.2, 0.25) is 11.6 Å². The first kappa shape index (κ1) is 30.7. The van der Waals surface area contributed by atoms with Crippen LogP contribution in [0.1, 0.15) is 45.6 Å². The Morgan fingerprint density at radius 3 is 2.19 bits per heavy atom. The molecule has 11 nitrogen and oxygen atoms in total. The minimum atomic E-state index is -4.13. The van der Waals surface area contributed by atoms with E-state index in [0.717, 1.165) is 12.0 Å². The molecule has 42 heavy (non-hydrogen) atoms. The van der Waals surface area contributed by atoms with Gasteiger partial charge in [-0.2, -0.15) is 4.98 Å². The minimum Gasteiger partial charge on any atom is -0.493 e. The van der Waals surface area contributed by atoms with Gasteiger partial charge in [-0.3, -0.25) is 4.72 Å². The quantitative estimate of drug-likeness (QED) is 0.194. The predicted octanol–water partition coefficient (Wildman–Crippen LogP) is 5.37. The van der Waals surface area contributed by atoms with Gasteiger partial charge in [-0.25, -0.2) is 23.4 Å². The molecule has 2 aromatic carbocycles. The van der Waals surface area contributed by atoms with Gasteiger partial charge in [0.25, 0.3) is 15.9 Å². The van der Waals surface area contributed by atoms with E-state index in [2.05, 4.69) is 45.4 Å². The first-order valence-electron chi connectivity index (χ1n) is 13.5. The van der Waals surface area contributed by atoms with Crippen LogP contribution in [-0.4, -0.2) is 53.8 Å². The van der Waals surface area contributed by atoms with E-state index < -0.39 is 10.0 Å². The van der Waals surface area contributed by atoms with Crippen molar-refractivity contribution < 1.29 is 27.7 Å². The number of ether oxygens (including phenoxy) is 3. The maximum absolute atomic E-state index is 13.6. The molecule has 0 fully saturated rings. The van der Waals surface area contributed by atoms with Crippen LogP contribution in [0, 0.1) is 0 Å². The van der Waals surface area contributed by atoms with E-state index in [1.807, 2.05) is 0 Å². The fourth-order valence-corrected chi connectivity index (χ4v) is 4.90. The standard InChI is InChI=1S/C30H35N5O6S/c1-30(2,3)21-13-15-22(16-14-21)42(37,38)35-26-25(41-24-12-7-6-11-23(24)39-4)29(40-20-9-5-8-19-36)34-28(33-26)27-31-17-10-18-32-27/h6-7,10-18,36H,5,8-9,19-20H2,1-4H3,(H,33,34,35). The first-order chi connectivity index (χ1) is 20.1. The minimum absolute atomic E-state index is 0.0110. The Hall–Kier alpha value is -4.29. The summed E-state index contributed by atoms with van der Waals surface area (Å²) >= 11 is 0. The van der Waals surface area contributed by atoms with E-state index in [-0.39, 0.29) is 52.6 Å². The molecule has 4 rings (SSSR count). The van der Waals surface area contributed by atoms with Gasteiger partial charge in [0, 0.05) is 19.0 Å². The van der Waals surface area contributed by atoms with Gasteiger partial charge in [0.05, 0.1) is 18.6 Å². The average molecular weight is 594 g/mol. The lowest BCUT2D eigenvalue weighted by molar-refractivity contribution is 0.257. The van der Waals surface area contributed by atoms with Gasteiger partial charge in [-0.15, -0.1) is 0 Å². The molecule has 12 heteroatoms. The Bertz CT molecular complexity index is 1580. The number of nitrogens with one attached hydrogen (secondary N) is 1. The van der Waals surface area contributed by atoms with E-state index in [9.17, 15) is 8.42 Å². The number of rotatable bonds is 13. The van der Waals surface area contributed by atoms with Crippen LogP contribution in [-0.2, 0) is 15.4 Å². The topological polar surface area (TPSA) is 146 Å². The van der Waals surface area contributed by atoms with Crippen molar-refractivity contribution in [3.63, 3.8) is 0 Å². The Morgan fingerprint density at radius 1 is 0.857 bits per heavy atom. The number of hydrogen-bond donors (Lipinski definition) is 2. The van der Waals surface area contributed by atoms with Crippen molar-refractivity contribution in [1.29, 1.82) is 0 Å². The molecule has 0 radical (unpaired) electrons. The third-order valence-electron chi connectivity index (χ3n) is 6.18. The molecule has 0 aliphatic rings. The lowest BCUT2D eigenvalue weighted by Crippen LogP contribution is -2.17. The molecule has 0 spiro atoms. The zero-order chi connectivity index (χ0) is 30.2. The summed E-state index contributed by atoms with van der Waals surface area (Å²) < 4.78 is 47.5. The summed E-state index contributed by atoms with van der Waals surface area (Å²) in [7, 11) is -2.63. The zero-order valence-electron chi connectivity index (χ0n) is 24.1. The van der Waals surface area contributed by atoms with E-state index in [1.165, 1.54) is 19.5 Å². The van der Waals surface area contributed by atoms with Crippen LogP contribution in [0.2, 0.25) is 0 Å². The Morgan fingerprint density at radius 2 is 1.55 bits per heavy atom. The lowest BCUT2D eigenvalue weighted by atomic mass is 9.87. The fourth-order valence-electron chi connectivity index (χ4n) is 3.90. The van der Waals surface area contributed by atoms with Crippen LogP contribution in [0.25, 0.3) is 11.6 Å². The second-order valence-electron chi connectivity index (χ2n) is 10.4. The summed E-state index contributed by atoms with van der Waals surface area (Å²) in [6.07, 6.45) is 5.03. The van der Waals surface area contributed by atoms with Crippen molar-refractivity contribution in [2.24, 2.45) is 0 Å². The molecule has 0 bridgehead atoms. The molecule has 4 aromatic rings. The average Bonchev–Trinajstić information content (AvgIpc) is 2.98. The number of sulfonamides is 1. The molecule has 222 valence electrons. The molecule has 2 N–H and O–H groups in total. The number of aliphatic hydroxyl groups excluding tert-OH is 1. The van der Waals surface area contributed by atoms with Gasteiger partial charge in [0.15, 0.2) is 23.1 Å². The zero-order valence-corrected chi connectivity index (χ0v) is 24.9. The summed E-state index contributed by atoms with van der Waals surface area (Å²) in [6, 6.07) is 15.2. The summed E-state index contributed by atoms with van der Waals surface area (Å²) in [4.78, 5) is 17.5. The number of benzene rings is 2. The van der Waals surface area contributed by atoms with E-state index in [1.54, 1.807) is 54.6 Å². The van der Waals surface area contributed by atoms with Gasteiger partial charge in [0.1, 0.15) is 0 Å². The highest BCUT2D eigenvalue weighted by Gasteiger charge is 2.26. The summed E-state index contributed by atoms with van der Waals surface area (Å²) in [5.74, 6) is 0.680. The molecular weight excluding hydrogens is 558 g/mol. The maximum atomic E-state index is 13.6. The van der Waals surface area contributed by atoms with Gasteiger partial charge >= 0.3 is 0 Å².